The third-order valence-electron chi connectivity index (χ3n) is 4.82. The van der Waals surface area contributed by atoms with E-state index in [4.69, 9.17) is 11.6 Å². The van der Waals surface area contributed by atoms with Crippen LogP contribution in [0.15, 0.2) is 41.8 Å². The van der Waals surface area contributed by atoms with Crippen LogP contribution in [0.4, 0.5) is 18.9 Å². The minimum atomic E-state index is -5.15. The Bertz CT molecular complexity index is 852. The molecule has 1 aromatic heterocycles. The molecule has 2 aromatic rings. The van der Waals surface area contributed by atoms with E-state index >= 15 is 0 Å². The van der Waals surface area contributed by atoms with Crippen molar-refractivity contribution in [3.8, 4) is 0 Å². The lowest BCUT2D eigenvalue weighted by Gasteiger charge is -2.33. The molecule has 0 saturated heterocycles. The molecule has 0 radical (unpaired) electrons. The van der Waals surface area contributed by atoms with Gasteiger partial charge in [0.05, 0.1) is 0 Å². The predicted molar refractivity (Wildman–Crippen MR) is 107 cm³/mol. The highest BCUT2D eigenvalue weighted by molar-refractivity contribution is 7.10. The Balaban J connectivity index is 2.02. The lowest BCUT2D eigenvalue weighted by atomic mass is 9.95. The highest BCUT2D eigenvalue weighted by Gasteiger charge is 2.48. The van der Waals surface area contributed by atoms with E-state index in [1.807, 2.05) is 0 Å². The van der Waals surface area contributed by atoms with Crippen molar-refractivity contribution in [2.75, 3.05) is 4.90 Å². The van der Waals surface area contributed by atoms with Gasteiger partial charge in [0.15, 0.2) is 6.04 Å². The van der Waals surface area contributed by atoms with Crippen LogP contribution in [-0.2, 0) is 9.59 Å². The third kappa shape index (κ3) is 5.30. The van der Waals surface area contributed by atoms with Crippen molar-refractivity contribution in [2.24, 2.45) is 0 Å². The van der Waals surface area contributed by atoms with Crippen LogP contribution in [0.5, 0.6) is 0 Å². The summed E-state index contributed by atoms with van der Waals surface area (Å²) in [5, 5.41) is 4.68. The summed E-state index contributed by atoms with van der Waals surface area (Å²) in [6.45, 7) is 0. The summed E-state index contributed by atoms with van der Waals surface area (Å²) in [5.41, 5.74) is -0.0861. The first-order valence-electron chi connectivity index (χ1n) is 9.27. The number of anilines is 1. The van der Waals surface area contributed by atoms with Crippen molar-refractivity contribution in [1.29, 1.82) is 0 Å². The maximum Gasteiger partial charge on any atom is 0.471 e. The lowest BCUT2D eigenvalue weighted by molar-refractivity contribution is -0.171. The van der Waals surface area contributed by atoms with Gasteiger partial charge in [0.25, 0.3) is 0 Å². The van der Waals surface area contributed by atoms with Crippen molar-refractivity contribution >= 4 is 40.4 Å². The van der Waals surface area contributed by atoms with Gasteiger partial charge in [-0.2, -0.15) is 13.2 Å². The number of carbonyl (C=O) groups is 2. The summed E-state index contributed by atoms with van der Waals surface area (Å²) in [5.74, 6) is -2.74. The van der Waals surface area contributed by atoms with Gasteiger partial charge in [0.2, 0.25) is 5.91 Å². The van der Waals surface area contributed by atoms with E-state index in [9.17, 15) is 22.8 Å². The normalized spacial score (nSPS) is 16.3. The van der Waals surface area contributed by atoms with E-state index < -0.39 is 24.0 Å². The molecule has 2 amide bonds. The van der Waals surface area contributed by atoms with Crippen molar-refractivity contribution in [1.82, 2.24) is 5.32 Å². The van der Waals surface area contributed by atoms with Gasteiger partial charge in [0, 0.05) is 21.6 Å². The number of amides is 2. The molecule has 3 rings (SSSR count). The van der Waals surface area contributed by atoms with Crippen molar-refractivity contribution < 1.29 is 22.8 Å². The summed E-state index contributed by atoms with van der Waals surface area (Å²) in [4.78, 5) is 26.4. The monoisotopic (exact) mass is 444 g/mol. The molecular formula is C20H20ClF3N2O2S. The van der Waals surface area contributed by atoms with Crippen molar-refractivity contribution in [2.45, 2.75) is 50.4 Å². The number of hydrogen-bond donors (Lipinski definition) is 1. The van der Waals surface area contributed by atoms with E-state index in [0.717, 1.165) is 43.4 Å². The second kappa shape index (κ2) is 9.17. The quantitative estimate of drug-likeness (QED) is 0.663. The fraction of sp³-hybridized carbons (Fsp3) is 0.400. The van der Waals surface area contributed by atoms with Crippen LogP contribution in [0.3, 0.4) is 0 Å². The molecule has 156 valence electrons. The molecule has 1 saturated carbocycles. The Morgan fingerprint density at radius 1 is 1.14 bits per heavy atom. The smallest absolute Gasteiger partial charge is 0.351 e. The van der Waals surface area contributed by atoms with Crippen LogP contribution >= 0.6 is 22.9 Å². The Kier molecular flexibility index (Phi) is 6.85. The highest BCUT2D eigenvalue weighted by Crippen LogP contribution is 2.35. The molecule has 1 fully saturated rings. The molecule has 9 heteroatoms. The minimum absolute atomic E-state index is 0.0861. The van der Waals surface area contributed by atoms with Gasteiger partial charge in [-0.15, -0.1) is 11.3 Å². The summed E-state index contributed by atoms with van der Waals surface area (Å²) in [6.07, 6.45) is -0.631. The Hall–Kier alpha value is -2.06. The average Bonchev–Trinajstić information content (AvgIpc) is 3.19. The molecule has 1 unspecified atom stereocenters. The predicted octanol–water partition coefficient (Wildman–Crippen LogP) is 5.49. The molecule has 1 aliphatic rings. The Morgan fingerprint density at radius 3 is 2.45 bits per heavy atom. The molecule has 1 N–H and O–H groups in total. The van der Waals surface area contributed by atoms with Gasteiger partial charge in [0.1, 0.15) is 0 Å². The molecule has 1 heterocycles. The van der Waals surface area contributed by atoms with Crippen LogP contribution in [0.25, 0.3) is 0 Å². The third-order valence-corrected chi connectivity index (χ3v) is 5.98. The molecule has 0 spiro atoms. The van der Waals surface area contributed by atoms with E-state index in [-0.39, 0.29) is 16.8 Å². The summed E-state index contributed by atoms with van der Waals surface area (Å²) in [6, 6.07) is 7.16. The van der Waals surface area contributed by atoms with E-state index in [2.05, 4.69) is 5.32 Å². The molecule has 0 bridgehead atoms. The summed E-state index contributed by atoms with van der Waals surface area (Å²) in [7, 11) is 0. The standard InChI is InChI=1S/C20H20ClF3N2O2S/c21-13-6-4-9-15(12-13)26(19(28)20(22,23)24)17(16-10-5-11-29-16)18(27)25-14-7-2-1-3-8-14/h4-6,9-12,14,17H,1-3,7-8H2,(H,25,27). The van der Waals surface area contributed by atoms with Crippen molar-refractivity contribution in [3.05, 3.63) is 51.7 Å². The topological polar surface area (TPSA) is 49.4 Å². The highest BCUT2D eigenvalue weighted by atomic mass is 35.5. The average molecular weight is 445 g/mol. The zero-order chi connectivity index (χ0) is 21.0. The molecule has 1 aliphatic carbocycles. The number of halogens is 4. The SMILES string of the molecule is O=C(NC1CCCCC1)C(c1cccs1)N(C(=O)C(F)(F)F)c1cccc(Cl)c1. The largest absolute Gasteiger partial charge is 0.471 e. The summed E-state index contributed by atoms with van der Waals surface area (Å²) < 4.78 is 40.4. The molecule has 1 aromatic carbocycles. The number of hydrogen-bond acceptors (Lipinski definition) is 3. The number of thiophene rings is 1. The maximum absolute atomic E-state index is 13.5. The van der Waals surface area contributed by atoms with Crippen LogP contribution in [0.2, 0.25) is 5.02 Å². The molecule has 29 heavy (non-hydrogen) atoms. The number of benzene rings is 1. The number of carbonyl (C=O) groups excluding carboxylic acids is 2. The van der Waals surface area contributed by atoms with Gasteiger partial charge in [-0.05, 0) is 42.5 Å². The fourth-order valence-electron chi connectivity index (χ4n) is 3.49. The molecule has 1 atom stereocenters. The molecule has 4 nitrogen and oxygen atoms in total. The first kappa shape index (κ1) is 21.6. The maximum atomic E-state index is 13.5. The first-order chi connectivity index (χ1) is 13.8. The fourth-order valence-corrected chi connectivity index (χ4v) is 4.49. The van der Waals surface area contributed by atoms with Crippen LogP contribution in [-0.4, -0.2) is 24.0 Å². The van der Waals surface area contributed by atoms with Gasteiger partial charge in [-0.3, -0.25) is 14.5 Å². The number of rotatable bonds is 5. The number of nitrogens with zero attached hydrogens (tertiary/aromatic N) is 1. The van der Waals surface area contributed by atoms with Gasteiger partial charge >= 0.3 is 12.1 Å². The summed E-state index contributed by atoms with van der Waals surface area (Å²) >= 11 is 7.08. The Labute approximate surface area is 175 Å². The molecular weight excluding hydrogens is 425 g/mol. The van der Waals surface area contributed by atoms with E-state index in [1.54, 1.807) is 17.5 Å². The van der Waals surface area contributed by atoms with Gasteiger partial charge in [-0.1, -0.05) is 43.0 Å². The zero-order valence-electron chi connectivity index (χ0n) is 15.4. The minimum Gasteiger partial charge on any atom is -0.351 e. The Morgan fingerprint density at radius 2 is 1.86 bits per heavy atom. The van der Waals surface area contributed by atoms with Crippen LogP contribution < -0.4 is 10.2 Å². The van der Waals surface area contributed by atoms with E-state index in [0.29, 0.717) is 9.78 Å². The van der Waals surface area contributed by atoms with Crippen LogP contribution in [0, 0.1) is 0 Å². The van der Waals surface area contributed by atoms with Gasteiger partial charge in [-0.25, -0.2) is 0 Å². The van der Waals surface area contributed by atoms with Crippen LogP contribution in [0.1, 0.15) is 43.0 Å². The van der Waals surface area contributed by atoms with E-state index in [1.165, 1.54) is 24.3 Å². The second-order valence-electron chi connectivity index (χ2n) is 6.91. The zero-order valence-corrected chi connectivity index (χ0v) is 17.0. The molecule has 0 aliphatic heterocycles. The van der Waals surface area contributed by atoms with Crippen molar-refractivity contribution in [3.63, 3.8) is 0 Å². The van der Waals surface area contributed by atoms with Gasteiger partial charge < -0.3 is 5.32 Å². The first-order valence-corrected chi connectivity index (χ1v) is 10.5. The number of alkyl halides is 3. The number of nitrogens with one attached hydrogen (secondary N) is 1. The lowest BCUT2D eigenvalue weighted by Crippen LogP contribution is -2.50. The second-order valence-corrected chi connectivity index (χ2v) is 8.33.